The highest BCUT2D eigenvalue weighted by atomic mass is 16.5. The average Bonchev–Trinajstić information content (AvgIpc) is 2.96. The molecule has 0 aromatic carbocycles. The van der Waals surface area contributed by atoms with E-state index in [0.717, 1.165) is 45.5 Å². The molecule has 0 aromatic rings. The van der Waals surface area contributed by atoms with Crippen molar-refractivity contribution >= 4 is 0 Å². The van der Waals surface area contributed by atoms with Crippen molar-refractivity contribution in [3.63, 3.8) is 0 Å². The van der Waals surface area contributed by atoms with Crippen LogP contribution in [0.2, 0.25) is 0 Å². The molecule has 1 saturated carbocycles. The molecule has 2 aliphatic rings. The molecule has 1 saturated heterocycles. The predicted octanol–water partition coefficient (Wildman–Crippen LogP) is 0.542. The lowest BCUT2D eigenvalue weighted by Gasteiger charge is -2.26. The molecule has 0 aromatic heterocycles. The molecule has 16 heavy (non-hydrogen) atoms. The van der Waals surface area contributed by atoms with Crippen LogP contribution in [-0.2, 0) is 9.47 Å². The van der Waals surface area contributed by atoms with E-state index in [2.05, 4.69) is 5.32 Å². The zero-order chi connectivity index (χ0) is 11.4. The van der Waals surface area contributed by atoms with Crippen molar-refractivity contribution in [1.82, 2.24) is 5.32 Å². The van der Waals surface area contributed by atoms with Gasteiger partial charge in [-0.15, -0.1) is 0 Å². The van der Waals surface area contributed by atoms with Gasteiger partial charge >= 0.3 is 0 Å². The molecular weight excluding hydrogens is 206 g/mol. The molecule has 94 valence electrons. The van der Waals surface area contributed by atoms with Crippen LogP contribution in [0.3, 0.4) is 0 Å². The Morgan fingerprint density at radius 1 is 1.50 bits per heavy atom. The summed E-state index contributed by atoms with van der Waals surface area (Å²) >= 11 is 0. The molecule has 2 rings (SSSR count). The molecule has 0 spiro atoms. The molecule has 1 aliphatic carbocycles. The first-order valence-electron chi connectivity index (χ1n) is 6.27. The van der Waals surface area contributed by atoms with Crippen molar-refractivity contribution in [3.05, 3.63) is 0 Å². The minimum atomic E-state index is -0.100. The van der Waals surface area contributed by atoms with E-state index in [0.29, 0.717) is 12.0 Å². The van der Waals surface area contributed by atoms with Gasteiger partial charge in [-0.25, -0.2) is 0 Å². The van der Waals surface area contributed by atoms with E-state index >= 15 is 0 Å². The molecule has 1 heterocycles. The van der Waals surface area contributed by atoms with E-state index < -0.39 is 0 Å². The lowest BCUT2D eigenvalue weighted by atomic mass is 9.99. The van der Waals surface area contributed by atoms with Crippen LogP contribution >= 0.6 is 0 Å². The molecule has 4 nitrogen and oxygen atoms in total. The maximum atomic E-state index is 9.38. The number of nitrogens with one attached hydrogen (secondary N) is 1. The van der Waals surface area contributed by atoms with Crippen LogP contribution in [0.4, 0.5) is 0 Å². The number of likely N-dealkylation sites (N-methyl/N-ethyl adjacent to an activating group) is 1. The van der Waals surface area contributed by atoms with Crippen molar-refractivity contribution in [2.75, 3.05) is 33.5 Å². The Kier molecular flexibility index (Phi) is 4.19. The fourth-order valence-electron chi connectivity index (χ4n) is 2.66. The van der Waals surface area contributed by atoms with Crippen LogP contribution < -0.4 is 5.32 Å². The summed E-state index contributed by atoms with van der Waals surface area (Å²) in [5.41, 5.74) is -0.100. The van der Waals surface area contributed by atoms with Gasteiger partial charge in [-0.3, -0.25) is 0 Å². The quantitative estimate of drug-likeness (QED) is 0.722. The molecule has 2 fully saturated rings. The first-order chi connectivity index (χ1) is 7.78. The van der Waals surface area contributed by atoms with Gasteiger partial charge in [-0.05, 0) is 32.7 Å². The van der Waals surface area contributed by atoms with Crippen molar-refractivity contribution in [1.29, 1.82) is 0 Å². The molecule has 3 atom stereocenters. The summed E-state index contributed by atoms with van der Waals surface area (Å²) in [6.07, 6.45) is 4.42. The van der Waals surface area contributed by atoms with Gasteiger partial charge in [0.2, 0.25) is 0 Å². The molecule has 0 radical (unpaired) electrons. The SMILES string of the molecule is CNC1(CO)CCC(OCC2CCOC2)C1. The minimum Gasteiger partial charge on any atom is -0.394 e. The summed E-state index contributed by atoms with van der Waals surface area (Å²) in [4.78, 5) is 0. The highest BCUT2D eigenvalue weighted by Gasteiger charge is 2.38. The molecule has 3 unspecified atom stereocenters. The summed E-state index contributed by atoms with van der Waals surface area (Å²) in [6, 6.07) is 0. The molecule has 4 heteroatoms. The van der Waals surface area contributed by atoms with Crippen LogP contribution in [0, 0.1) is 5.92 Å². The highest BCUT2D eigenvalue weighted by molar-refractivity contribution is 4.95. The number of rotatable bonds is 5. The highest BCUT2D eigenvalue weighted by Crippen LogP contribution is 2.31. The number of hydrogen-bond donors (Lipinski definition) is 2. The standard InChI is InChI=1S/C12H23NO3/c1-13-12(9-14)4-2-11(6-12)16-8-10-3-5-15-7-10/h10-11,13-14H,2-9H2,1H3. The Bertz CT molecular complexity index is 212. The topological polar surface area (TPSA) is 50.7 Å². The molecule has 0 bridgehead atoms. The van der Waals surface area contributed by atoms with Crippen LogP contribution in [0.25, 0.3) is 0 Å². The van der Waals surface area contributed by atoms with Gasteiger partial charge in [0.15, 0.2) is 0 Å². The third kappa shape index (κ3) is 2.74. The lowest BCUT2D eigenvalue weighted by Crippen LogP contribution is -2.44. The summed E-state index contributed by atoms with van der Waals surface area (Å²) in [6.45, 7) is 2.76. The van der Waals surface area contributed by atoms with Crippen molar-refractivity contribution < 1.29 is 14.6 Å². The molecule has 1 aliphatic heterocycles. The smallest absolute Gasteiger partial charge is 0.0614 e. The zero-order valence-electron chi connectivity index (χ0n) is 10.1. The average molecular weight is 229 g/mol. The molecule has 0 amide bonds. The third-order valence-electron chi connectivity index (χ3n) is 3.99. The van der Waals surface area contributed by atoms with Gasteiger partial charge in [-0.2, -0.15) is 0 Å². The maximum Gasteiger partial charge on any atom is 0.0614 e. The number of aliphatic hydroxyl groups is 1. The van der Waals surface area contributed by atoms with Crippen molar-refractivity contribution in [2.45, 2.75) is 37.3 Å². The van der Waals surface area contributed by atoms with Gasteiger partial charge in [0.05, 0.1) is 25.9 Å². The van der Waals surface area contributed by atoms with Crippen molar-refractivity contribution in [3.8, 4) is 0 Å². The Balaban J connectivity index is 1.71. The van der Waals surface area contributed by atoms with Gasteiger partial charge in [-0.1, -0.05) is 0 Å². The number of aliphatic hydroxyl groups excluding tert-OH is 1. The summed E-state index contributed by atoms with van der Waals surface area (Å²) < 4.78 is 11.2. The third-order valence-corrected chi connectivity index (χ3v) is 3.99. The van der Waals surface area contributed by atoms with Crippen LogP contribution in [0.5, 0.6) is 0 Å². The summed E-state index contributed by atoms with van der Waals surface area (Å²) in [5, 5.41) is 12.6. The monoisotopic (exact) mass is 229 g/mol. The maximum absolute atomic E-state index is 9.38. The first kappa shape index (κ1) is 12.3. The fourth-order valence-corrected chi connectivity index (χ4v) is 2.66. The second-order valence-corrected chi connectivity index (χ2v) is 5.12. The van der Waals surface area contributed by atoms with E-state index in [-0.39, 0.29) is 12.1 Å². The van der Waals surface area contributed by atoms with Gasteiger partial charge in [0.25, 0.3) is 0 Å². The first-order valence-corrected chi connectivity index (χ1v) is 6.27. The minimum absolute atomic E-state index is 0.100. The van der Waals surface area contributed by atoms with Crippen molar-refractivity contribution in [2.24, 2.45) is 5.92 Å². The van der Waals surface area contributed by atoms with E-state index in [1.807, 2.05) is 7.05 Å². The van der Waals surface area contributed by atoms with Crippen LogP contribution in [-0.4, -0.2) is 50.2 Å². The van der Waals surface area contributed by atoms with E-state index in [9.17, 15) is 5.11 Å². The largest absolute Gasteiger partial charge is 0.394 e. The Labute approximate surface area is 97.3 Å². The normalized spacial score (nSPS) is 39.4. The van der Waals surface area contributed by atoms with E-state index in [1.165, 1.54) is 0 Å². The van der Waals surface area contributed by atoms with Crippen LogP contribution in [0.15, 0.2) is 0 Å². The number of hydrogen-bond acceptors (Lipinski definition) is 4. The van der Waals surface area contributed by atoms with E-state index in [4.69, 9.17) is 9.47 Å². The summed E-state index contributed by atoms with van der Waals surface area (Å²) in [7, 11) is 1.92. The Morgan fingerprint density at radius 3 is 2.94 bits per heavy atom. The van der Waals surface area contributed by atoms with Gasteiger partial charge < -0.3 is 19.9 Å². The van der Waals surface area contributed by atoms with Crippen LogP contribution in [0.1, 0.15) is 25.7 Å². The Morgan fingerprint density at radius 2 is 2.38 bits per heavy atom. The fraction of sp³-hybridized carbons (Fsp3) is 1.00. The second-order valence-electron chi connectivity index (χ2n) is 5.12. The second kappa shape index (κ2) is 5.45. The Hall–Kier alpha value is -0.160. The molecule has 2 N–H and O–H groups in total. The number of ether oxygens (including phenoxy) is 2. The van der Waals surface area contributed by atoms with E-state index in [1.54, 1.807) is 0 Å². The van der Waals surface area contributed by atoms with Gasteiger partial charge in [0.1, 0.15) is 0 Å². The summed E-state index contributed by atoms with van der Waals surface area (Å²) in [5.74, 6) is 0.582. The zero-order valence-corrected chi connectivity index (χ0v) is 10.1. The molecular formula is C12H23NO3. The van der Waals surface area contributed by atoms with Gasteiger partial charge in [0, 0.05) is 18.1 Å². The lowest BCUT2D eigenvalue weighted by molar-refractivity contribution is 0.0229. The predicted molar refractivity (Wildman–Crippen MR) is 61.4 cm³/mol.